The first-order valence-corrected chi connectivity index (χ1v) is 8.88. The third kappa shape index (κ3) is 3.39. The van der Waals surface area contributed by atoms with E-state index in [4.69, 9.17) is 4.42 Å². The van der Waals surface area contributed by atoms with Gasteiger partial charge in [-0.15, -0.1) is 0 Å². The molecule has 0 aliphatic carbocycles. The van der Waals surface area contributed by atoms with E-state index in [9.17, 15) is 5.11 Å². The van der Waals surface area contributed by atoms with E-state index in [-0.39, 0.29) is 5.75 Å². The molecule has 0 spiro atoms. The van der Waals surface area contributed by atoms with E-state index in [0.29, 0.717) is 22.7 Å². The zero-order valence-electron chi connectivity index (χ0n) is 14.0. The smallest absolute Gasteiger partial charge is 0.231 e. The number of aromatic hydroxyl groups is 1. The lowest BCUT2D eigenvalue weighted by Gasteiger charge is -2.01. The van der Waals surface area contributed by atoms with Gasteiger partial charge < -0.3 is 9.52 Å². The highest BCUT2D eigenvalue weighted by Crippen LogP contribution is 2.34. The molecule has 0 saturated carbocycles. The van der Waals surface area contributed by atoms with Crippen molar-refractivity contribution < 1.29 is 9.52 Å². The van der Waals surface area contributed by atoms with Crippen molar-refractivity contribution in [3.63, 3.8) is 0 Å². The molecule has 0 fully saturated rings. The molecule has 0 bridgehead atoms. The predicted molar refractivity (Wildman–Crippen MR) is 107 cm³/mol. The van der Waals surface area contributed by atoms with Gasteiger partial charge >= 0.3 is 0 Å². The first kappa shape index (κ1) is 16.5. The summed E-state index contributed by atoms with van der Waals surface area (Å²) in [7, 11) is 0. The standard InChI is InChI=1S/C21H15BrN2O2/c1-13-2-9-18-20(10-13)26-21(24-18)17-8-7-16(11-19(17)25)23-12-14-3-5-15(22)6-4-14/h2-12,25H,1H3. The van der Waals surface area contributed by atoms with Gasteiger partial charge in [-0.1, -0.05) is 34.1 Å². The zero-order valence-corrected chi connectivity index (χ0v) is 15.6. The molecule has 4 rings (SSSR count). The van der Waals surface area contributed by atoms with E-state index in [2.05, 4.69) is 25.9 Å². The van der Waals surface area contributed by atoms with Crippen molar-refractivity contribution in [1.82, 2.24) is 4.98 Å². The van der Waals surface area contributed by atoms with E-state index >= 15 is 0 Å². The Balaban J connectivity index is 1.63. The number of hydrogen-bond donors (Lipinski definition) is 1. The second kappa shape index (κ2) is 6.77. The minimum absolute atomic E-state index is 0.0822. The molecule has 0 atom stereocenters. The van der Waals surface area contributed by atoms with Crippen LogP contribution < -0.4 is 0 Å². The second-order valence-electron chi connectivity index (χ2n) is 6.00. The number of benzene rings is 3. The highest BCUT2D eigenvalue weighted by atomic mass is 79.9. The van der Waals surface area contributed by atoms with Crippen molar-refractivity contribution in [3.05, 3.63) is 76.3 Å². The van der Waals surface area contributed by atoms with E-state index < -0.39 is 0 Å². The number of aryl methyl sites for hydroxylation is 1. The van der Waals surface area contributed by atoms with Gasteiger partial charge in [0.2, 0.25) is 5.89 Å². The first-order valence-electron chi connectivity index (χ1n) is 8.09. The van der Waals surface area contributed by atoms with Gasteiger partial charge in [0, 0.05) is 16.8 Å². The third-order valence-electron chi connectivity index (χ3n) is 3.99. The highest BCUT2D eigenvalue weighted by molar-refractivity contribution is 9.10. The lowest BCUT2D eigenvalue weighted by molar-refractivity contribution is 0.474. The van der Waals surface area contributed by atoms with E-state index in [1.165, 1.54) is 0 Å². The summed E-state index contributed by atoms with van der Waals surface area (Å²) < 4.78 is 6.80. The van der Waals surface area contributed by atoms with Crippen LogP contribution in [0, 0.1) is 6.92 Å². The molecule has 1 N–H and O–H groups in total. The summed E-state index contributed by atoms with van der Waals surface area (Å²) in [6, 6.07) is 18.8. The number of fused-ring (bicyclic) bond motifs is 1. The van der Waals surface area contributed by atoms with Gasteiger partial charge in [-0.05, 0) is 54.4 Å². The molecule has 1 aromatic heterocycles. The number of oxazole rings is 1. The fourth-order valence-electron chi connectivity index (χ4n) is 2.63. The largest absolute Gasteiger partial charge is 0.507 e. The van der Waals surface area contributed by atoms with Gasteiger partial charge in [-0.2, -0.15) is 0 Å². The Morgan fingerprint density at radius 1 is 1.04 bits per heavy atom. The van der Waals surface area contributed by atoms with Crippen LogP contribution in [0.15, 0.2) is 74.5 Å². The van der Waals surface area contributed by atoms with Gasteiger partial charge in [0.25, 0.3) is 0 Å². The van der Waals surface area contributed by atoms with Crippen molar-refractivity contribution >= 4 is 38.9 Å². The Labute approximate surface area is 159 Å². The minimum atomic E-state index is 0.0822. The van der Waals surface area contributed by atoms with Crippen LogP contribution in [0.1, 0.15) is 11.1 Å². The maximum absolute atomic E-state index is 10.4. The van der Waals surface area contributed by atoms with E-state index in [0.717, 1.165) is 21.1 Å². The quantitative estimate of drug-likeness (QED) is 0.423. The van der Waals surface area contributed by atoms with Gasteiger partial charge in [-0.3, -0.25) is 4.99 Å². The molecule has 5 heteroatoms. The van der Waals surface area contributed by atoms with Crippen LogP contribution in [-0.4, -0.2) is 16.3 Å². The predicted octanol–water partition coefficient (Wildman–Crippen LogP) is 6.02. The molecule has 0 radical (unpaired) electrons. The Bertz CT molecular complexity index is 1110. The molecule has 0 aliphatic heterocycles. The number of hydrogen-bond acceptors (Lipinski definition) is 4. The Hall–Kier alpha value is -2.92. The van der Waals surface area contributed by atoms with Gasteiger partial charge in [0.15, 0.2) is 5.58 Å². The summed E-state index contributed by atoms with van der Waals surface area (Å²) >= 11 is 3.41. The van der Waals surface area contributed by atoms with Gasteiger partial charge in [-0.25, -0.2) is 4.98 Å². The van der Waals surface area contributed by atoms with Crippen LogP contribution >= 0.6 is 15.9 Å². The van der Waals surface area contributed by atoms with Crippen molar-refractivity contribution in [1.29, 1.82) is 0 Å². The van der Waals surface area contributed by atoms with Gasteiger partial charge in [0.05, 0.1) is 11.3 Å². The number of rotatable bonds is 3. The number of aliphatic imine (C=N–C) groups is 1. The number of phenols is 1. The van der Waals surface area contributed by atoms with Crippen LogP contribution in [0.5, 0.6) is 5.75 Å². The topological polar surface area (TPSA) is 58.6 Å². The maximum Gasteiger partial charge on any atom is 0.231 e. The molecule has 1 heterocycles. The lowest BCUT2D eigenvalue weighted by atomic mass is 10.2. The molecule has 0 aliphatic rings. The van der Waals surface area contributed by atoms with Crippen molar-refractivity contribution in [2.45, 2.75) is 6.92 Å². The zero-order chi connectivity index (χ0) is 18.1. The van der Waals surface area contributed by atoms with Crippen molar-refractivity contribution in [2.75, 3.05) is 0 Å². The molecule has 4 nitrogen and oxygen atoms in total. The Morgan fingerprint density at radius 3 is 2.62 bits per heavy atom. The molecule has 0 unspecified atom stereocenters. The number of nitrogens with zero attached hydrogens (tertiary/aromatic N) is 2. The highest BCUT2D eigenvalue weighted by Gasteiger charge is 2.12. The van der Waals surface area contributed by atoms with E-state index in [1.54, 1.807) is 18.3 Å². The molecule has 4 aromatic rings. The normalized spacial score (nSPS) is 11.5. The summed E-state index contributed by atoms with van der Waals surface area (Å²) in [4.78, 5) is 8.85. The fraction of sp³-hybridized carbons (Fsp3) is 0.0476. The monoisotopic (exact) mass is 406 g/mol. The third-order valence-corrected chi connectivity index (χ3v) is 4.52. The average Bonchev–Trinajstić information content (AvgIpc) is 3.04. The summed E-state index contributed by atoms with van der Waals surface area (Å²) in [6.45, 7) is 2.00. The summed E-state index contributed by atoms with van der Waals surface area (Å²) in [5, 5.41) is 10.4. The van der Waals surface area contributed by atoms with Crippen LogP contribution in [0.2, 0.25) is 0 Å². The first-order chi connectivity index (χ1) is 12.6. The number of phenolic OH excluding ortho intramolecular Hbond substituents is 1. The second-order valence-corrected chi connectivity index (χ2v) is 6.92. The molecule has 3 aromatic carbocycles. The SMILES string of the molecule is Cc1ccc2nc(-c3ccc(N=Cc4ccc(Br)cc4)cc3O)oc2c1. The lowest BCUT2D eigenvalue weighted by Crippen LogP contribution is -1.81. The molecular formula is C21H15BrN2O2. The molecule has 0 saturated heterocycles. The van der Waals surface area contributed by atoms with Crippen molar-refractivity contribution in [2.24, 2.45) is 4.99 Å². The van der Waals surface area contributed by atoms with Crippen LogP contribution in [0.25, 0.3) is 22.6 Å². The van der Waals surface area contributed by atoms with Gasteiger partial charge in [0.1, 0.15) is 11.3 Å². The fourth-order valence-corrected chi connectivity index (χ4v) is 2.89. The van der Waals surface area contributed by atoms with E-state index in [1.807, 2.05) is 55.5 Å². The molecular weight excluding hydrogens is 392 g/mol. The van der Waals surface area contributed by atoms with Crippen molar-refractivity contribution in [3.8, 4) is 17.2 Å². The van der Waals surface area contributed by atoms with Crippen LogP contribution in [0.3, 0.4) is 0 Å². The minimum Gasteiger partial charge on any atom is -0.507 e. The maximum atomic E-state index is 10.4. The summed E-state index contributed by atoms with van der Waals surface area (Å²) in [5.41, 5.74) is 4.75. The average molecular weight is 407 g/mol. The molecule has 128 valence electrons. The number of halogens is 1. The Kier molecular flexibility index (Phi) is 4.31. The van der Waals surface area contributed by atoms with Crippen LogP contribution in [0.4, 0.5) is 5.69 Å². The summed E-state index contributed by atoms with van der Waals surface area (Å²) in [6.07, 6.45) is 1.75. The molecule has 26 heavy (non-hydrogen) atoms. The number of aromatic nitrogens is 1. The van der Waals surface area contributed by atoms with Crippen LogP contribution in [-0.2, 0) is 0 Å². The Morgan fingerprint density at radius 2 is 1.85 bits per heavy atom. The summed E-state index contributed by atoms with van der Waals surface area (Å²) in [5.74, 6) is 0.477. The molecule has 0 amide bonds.